The van der Waals surface area contributed by atoms with Crippen molar-refractivity contribution in [1.82, 2.24) is 14.3 Å². The van der Waals surface area contributed by atoms with E-state index < -0.39 is 10.0 Å². The van der Waals surface area contributed by atoms with Gasteiger partial charge in [-0.15, -0.1) is 0 Å². The van der Waals surface area contributed by atoms with Gasteiger partial charge in [0.1, 0.15) is 16.4 Å². The lowest BCUT2D eigenvalue weighted by molar-refractivity contribution is 0.371. The Morgan fingerprint density at radius 2 is 1.83 bits per heavy atom. The molecule has 1 aromatic carbocycles. The van der Waals surface area contributed by atoms with Gasteiger partial charge in [0, 0.05) is 50.4 Å². The fourth-order valence-electron chi connectivity index (χ4n) is 3.86. The minimum absolute atomic E-state index is 0.105. The van der Waals surface area contributed by atoms with E-state index in [0.29, 0.717) is 24.5 Å². The predicted octanol–water partition coefficient (Wildman–Crippen LogP) is 2.23. The van der Waals surface area contributed by atoms with E-state index in [1.54, 1.807) is 18.3 Å². The van der Waals surface area contributed by atoms with Crippen LogP contribution in [0.15, 0.2) is 29.3 Å². The average molecular weight is 419 g/mol. The largest absolute Gasteiger partial charge is 0.497 e. The summed E-state index contributed by atoms with van der Waals surface area (Å²) in [7, 11) is -0.781. The van der Waals surface area contributed by atoms with Crippen molar-refractivity contribution in [3.05, 3.63) is 35.7 Å². The third kappa shape index (κ3) is 3.89. The quantitative estimate of drug-likeness (QED) is 0.736. The highest BCUT2D eigenvalue weighted by Crippen LogP contribution is 2.33. The van der Waals surface area contributed by atoms with Gasteiger partial charge in [0.05, 0.1) is 19.9 Å². The summed E-state index contributed by atoms with van der Waals surface area (Å²) in [4.78, 5) is 11.6. The van der Waals surface area contributed by atoms with Crippen LogP contribution in [0.4, 0.5) is 5.95 Å². The maximum Gasteiger partial charge on any atom is 0.247 e. The number of ether oxygens (including phenoxy) is 2. The van der Waals surface area contributed by atoms with Crippen LogP contribution in [0, 0.1) is 0 Å². The number of methoxy groups -OCH3 is 2. The molecule has 1 saturated heterocycles. The minimum atomic E-state index is -3.75. The fraction of sp³-hybridized carbons (Fsp3) is 0.500. The van der Waals surface area contributed by atoms with E-state index in [2.05, 4.69) is 9.88 Å². The molecule has 0 N–H and O–H groups in total. The lowest BCUT2D eigenvalue weighted by atomic mass is 10.1. The van der Waals surface area contributed by atoms with Gasteiger partial charge < -0.3 is 14.4 Å². The molecule has 1 aromatic heterocycles. The van der Waals surface area contributed by atoms with Crippen LogP contribution in [0.5, 0.6) is 11.5 Å². The Hall–Kier alpha value is -2.39. The molecule has 0 aliphatic carbocycles. The van der Waals surface area contributed by atoms with Crippen molar-refractivity contribution in [3.63, 3.8) is 0 Å². The Bertz CT molecular complexity index is 990. The highest BCUT2D eigenvalue weighted by Gasteiger charge is 2.32. The molecule has 0 atom stereocenters. The number of nitrogens with zero attached hydrogens (tertiary/aromatic N) is 4. The van der Waals surface area contributed by atoms with Crippen LogP contribution in [-0.4, -0.2) is 56.5 Å². The zero-order chi connectivity index (χ0) is 20.4. The van der Waals surface area contributed by atoms with Crippen molar-refractivity contribution in [2.24, 2.45) is 0 Å². The topological polar surface area (TPSA) is 84.9 Å². The Morgan fingerprint density at radius 1 is 1.03 bits per heavy atom. The van der Waals surface area contributed by atoms with Gasteiger partial charge in [0.25, 0.3) is 0 Å². The summed E-state index contributed by atoms with van der Waals surface area (Å²) in [6.07, 6.45) is 5.91. The molecular formula is C20H26N4O4S. The van der Waals surface area contributed by atoms with E-state index in [1.165, 1.54) is 31.0 Å². The molecule has 2 aliphatic heterocycles. The molecule has 0 unspecified atom stereocenters. The molecule has 2 aromatic rings. The Morgan fingerprint density at radius 3 is 2.55 bits per heavy atom. The van der Waals surface area contributed by atoms with E-state index in [1.807, 2.05) is 0 Å². The van der Waals surface area contributed by atoms with Gasteiger partial charge >= 0.3 is 0 Å². The molecule has 8 nitrogen and oxygen atoms in total. The second-order valence-corrected chi connectivity index (χ2v) is 9.20. The summed E-state index contributed by atoms with van der Waals surface area (Å²) in [5.74, 6) is 1.53. The highest BCUT2D eigenvalue weighted by molar-refractivity contribution is 7.89. The normalized spacial score (nSPS) is 17.7. The Balaban J connectivity index is 1.59. The number of sulfonamides is 1. The van der Waals surface area contributed by atoms with Crippen molar-refractivity contribution in [3.8, 4) is 11.5 Å². The van der Waals surface area contributed by atoms with Crippen LogP contribution in [0.3, 0.4) is 0 Å². The second-order valence-electron chi connectivity index (χ2n) is 7.30. The number of piperidine rings is 1. The van der Waals surface area contributed by atoms with E-state index in [4.69, 9.17) is 14.5 Å². The minimum Gasteiger partial charge on any atom is -0.497 e. The molecule has 0 bridgehead atoms. The van der Waals surface area contributed by atoms with Crippen LogP contribution in [-0.2, 0) is 23.0 Å². The molecular weight excluding hydrogens is 392 g/mol. The van der Waals surface area contributed by atoms with Crippen LogP contribution in [0.1, 0.15) is 30.5 Å². The molecule has 0 amide bonds. The SMILES string of the molecule is COc1ccc(OC)c(S(=O)(=O)N2CCc3nc(N4CCCCC4)ncc3C2)c1. The van der Waals surface area contributed by atoms with Crippen LogP contribution >= 0.6 is 0 Å². The van der Waals surface area contributed by atoms with Crippen LogP contribution in [0.2, 0.25) is 0 Å². The van der Waals surface area contributed by atoms with E-state index in [-0.39, 0.29) is 11.4 Å². The average Bonchev–Trinajstić information content (AvgIpc) is 2.78. The second kappa shape index (κ2) is 8.16. The van der Waals surface area contributed by atoms with Crippen LogP contribution < -0.4 is 14.4 Å². The third-order valence-electron chi connectivity index (χ3n) is 5.51. The van der Waals surface area contributed by atoms with Crippen molar-refractivity contribution >= 4 is 16.0 Å². The summed E-state index contributed by atoms with van der Waals surface area (Å²) in [6, 6.07) is 4.79. The molecule has 2 aliphatic rings. The first-order valence-electron chi connectivity index (χ1n) is 9.85. The van der Waals surface area contributed by atoms with Gasteiger partial charge in [-0.25, -0.2) is 18.4 Å². The van der Waals surface area contributed by atoms with Gasteiger partial charge in [-0.2, -0.15) is 4.31 Å². The number of benzene rings is 1. The van der Waals surface area contributed by atoms with Crippen LogP contribution in [0.25, 0.3) is 0 Å². The van der Waals surface area contributed by atoms with Gasteiger partial charge in [-0.3, -0.25) is 0 Å². The number of aromatic nitrogens is 2. The molecule has 0 saturated carbocycles. The van der Waals surface area contributed by atoms with Crippen molar-refractivity contribution < 1.29 is 17.9 Å². The number of hydrogen-bond donors (Lipinski definition) is 0. The molecule has 3 heterocycles. The summed E-state index contributed by atoms with van der Waals surface area (Å²) >= 11 is 0. The molecule has 4 rings (SSSR count). The molecule has 29 heavy (non-hydrogen) atoms. The first kappa shape index (κ1) is 19.9. The Kier molecular flexibility index (Phi) is 5.60. The molecule has 0 radical (unpaired) electrons. The van der Waals surface area contributed by atoms with Crippen molar-refractivity contribution in [2.75, 3.05) is 38.8 Å². The highest BCUT2D eigenvalue weighted by atomic mass is 32.2. The number of anilines is 1. The lowest BCUT2D eigenvalue weighted by Crippen LogP contribution is -2.37. The number of rotatable bonds is 5. The summed E-state index contributed by atoms with van der Waals surface area (Å²) in [6.45, 7) is 2.58. The van der Waals surface area contributed by atoms with E-state index in [9.17, 15) is 8.42 Å². The molecule has 9 heteroatoms. The first-order chi connectivity index (χ1) is 14.0. The summed E-state index contributed by atoms with van der Waals surface area (Å²) < 4.78 is 38.5. The summed E-state index contributed by atoms with van der Waals surface area (Å²) in [5, 5.41) is 0. The summed E-state index contributed by atoms with van der Waals surface area (Å²) in [5.41, 5.74) is 1.78. The standard InChI is InChI=1S/C20H26N4O4S/c1-27-16-6-7-18(28-2)19(12-16)29(25,26)24-11-8-17-15(14-24)13-21-20(22-17)23-9-4-3-5-10-23/h6-7,12-13H,3-5,8-11,14H2,1-2H3. The number of hydrogen-bond acceptors (Lipinski definition) is 7. The van der Waals surface area contributed by atoms with E-state index in [0.717, 1.165) is 43.1 Å². The Labute approximate surface area is 171 Å². The van der Waals surface area contributed by atoms with E-state index >= 15 is 0 Å². The maximum atomic E-state index is 13.3. The predicted molar refractivity (Wildman–Crippen MR) is 109 cm³/mol. The van der Waals surface area contributed by atoms with Gasteiger partial charge in [0.2, 0.25) is 16.0 Å². The lowest BCUT2D eigenvalue weighted by Gasteiger charge is -2.30. The first-order valence-corrected chi connectivity index (χ1v) is 11.3. The zero-order valence-corrected chi connectivity index (χ0v) is 17.6. The van der Waals surface area contributed by atoms with Gasteiger partial charge in [0.15, 0.2) is 0 Å². The van der Waals surface area contributed by atoms with Crippen molar-refractivity contribution in [1.29, 1.82) is 0 Å². The smallest absolute Gasteiger partial charge is 0.247 e. The fourth-order valence-corrected chi connectivity index (χ4v) is 5.45. The van der Waals surface area contributed by atoms with Gasteiger partial charge in [-0.05, 0) is 31.4 Å². The monoisotopic (exact) mass is 418 g/mol. The molecule has 1 fully saturated rings. The molecule has 156 valence electrons. The zero-order valence-electron chi connectivity index (χ0n) is 16.8. The number of fused-ring (bicyclic) bond motifs is 1. The maximum absolute atomic E-state index is 13.3. The van der Waals surface area contributed by atoms with Gasteiger partial charge in [-0.1, -0.05) is 0 Å². The third-order valence-corrected chi connectivity index (χ3v) is 7.38. The van der Waals surface area contributed by atoms with Crippen molar-refractivity contribution in [2.45, 2.75) is 37.1 Å². The molecule has 0 spiro atoms.